The van der Waals surface area contributed by atoms with Crippen LogP contribution in [0.4, 0.5) is 0 Å². The van der Waals surface area contributed by atoms with Gasteiger partial charge in [-0.15, -0.1) is 0 Å². The molecule has 2 aliphatic carbocycles. The van der Waals surface area contributed by atoms with Gasteiger partial charge in [0.15, 0.2) is 0 Å². The van der Waals surface area contributed by atoms with E-state index in [1.165, 1.54) is 14.3 Å². The lowest BCUT2D eigenvalue weighted by Gasteiger charge is -2.12. The molecule has 57 heavy (non-hydrogen) atoms. The van der Waals surface area contributed by atoms with Crippen molar-refractivity contribution in [2.45, 2.75) is 0 Å². The fourth-order valence-electron chi connectivity index (χ4n) is 7.93. The predicted octanol–water partition coefficient (Wildman–Crippen LogP) is 12.2. The van der Waals surface area contributed by atoms with E-state index in [9.17, 15) is 0 Å². The van der Waals surface area contributed by atoms with Gasteiger partial charge in [-0.3, -0.25) is 0 Å². The van der Waals surface area contributed by atoms with Gasteiger partial charge in [0.2, 0.25) is 0 Å². The first kappa shape index (κ1) is 37.1. The summed E-state index contributed by atoms with van der Waals surface area (Å²) in [7, 11) is 0. The fourth-order valence-corrected chi connectivity index (χ4v) is 9.37. The topological polar surface area (TPSA) is 40.5 Å². The minimum absolute atomic E-state index is 0.909. The summed E-state index contributed by atoms with van der Waals surface area (Å²) in [6.07, 6.45) is 8.74. The van der Waals surface area contributed by atoms with Crippen LogP contribution in [-0.4, -0.2) is 16.4 Å². The Bertz CT molecular complexity index is 2850. The van der Waals surface area contributed by atoms with Gasteiger partial charge in [-0.25, -0.2) is 9.98 Å². The number of fused-ring (bicyclic) bond motifs is 9. The van der Waals surface area contributed by atoms with Gasteiger partial charge in [-0.2, -0.15) is 0 Å². The molecule has 3 aliphatic heterocycles. The van der Waals surface area contributed by atoms with Crippen molar-refractivity contribution in [3.05, 3.63) is 240 Å². The number of aromatic amines is 1. The average molecular weight is 1180 g/mol. The van der Waals surface area contributed by atoms with Crippen molar-refractivity contribution in [2.75, 3.05) is 0 Å². The van der Waals surface area contributed by atoms with Crippen LogP contribution in [0.15, 0.2) is 191 Å². The molecule has 7 heteroatoms. The third-order valence-electron chi connectivity index (χ3n) is 10.5. The maximum absolute atomic E-state index is 5.55. The van der Waals surface area contributed by atoms with E-state index in [-0.39, 0.29) is 0 Å². The molecule has 1 N–H and O–H groups in total. The maximum atomic E-state index is 5.55. The first-order chi connectivity index (χ1) is 27.9. The van der Waals surface area contributed by atoms with E-state index >= 15 is 0 Å². The number of aromatic nitrogens is 1. The molecule has 1 aromatic heterocycles. The zero-order valence-corrected chi connectivity index (χ0v) is 38.7. The van der Waals surface area contributed by atoms with E-state index in [2.05, 4.69) is 265 Å². The SMILES string of the molecule is Ic1ccc(C2=C3C=CC(=N3)C(c3ccc(I)cc3)=c3ccc([nH]3)=C(c3ccc(I)cc3)C3=NC(=C(c4ccc(I)cc4)c4cc2c2cccccc4-2)C=C3)cc1. The highest BCUT2D eigenvalue weighted by Gasteiger charge is 2.28. The zero-order valence-electron chi connectivity index (χ0n) is 30.1. The number of rotatable bonds is 4. The molecule has 4 aromatic carbocycles. The van der Waals surface area contributed by atoms with Gasteiger partial charge in [0.05, 0.1) is 22.8 Å². The largest absolute Gasteiger partial charge is 0.354 e. The molecule has 0 atom stereocenters. The quantitative estimate of drug-likeness (QED) is 0.171. The van der Waals surface area contributed by atoms with Crippen molar-refractivity contribution >= 4 is 124 Å². The molecule has 0 amide bonds. The number of nitrogens with zero attached hydrogens (tertiary/aromatic N) is 2. The first-order valence-electron chi connectivity index (χ1n) is 18.4. The van der Waals surface area contributed by atoms with Crippen LogP contribution in [0.3, 0.4) is 0 Å². The number of nitrogens with one attached hydrogen (secondary N) is 1. The highest BCUT2D eigenvalue weighted by Crippen LogP contribution is 2.46. The van der Waals surface area contributed by atoms with Gasteiger partial charge in [0.1, 0.15) is 0 Å². The molecule has 0 fully saturated rings. The van der Waals surface area contributed by atoms with Crippen LogP contribution >= 0.6 is 90.4 Å². The van der Waals surface area contributed by atoms with Gasteiger partial charge >= 0.3 is 0 Å². The van der Waals surface area contributed by atoms with E-state index in [1.54, 1.807) is 0 Å². The van der Waals surface area contributed by atoms with Gasteiger partial charge in [0, 0.05) is 47.3 Å². The number of benzene rings is 4. The number of aliphatic imine (C=N–C) groups is 2. The Labute approximate surface area is 385 Å². The minimum Gasteiger partial charge on any atom is -0.354 e. The number of allylic oxidation sites excluding steroid dienone is 4. The minimum atomic E-state index is 0.909. The summed E-state index contributed by atoms with van der Waals surface area (Å²) in [5.41, 5.74) is 17.0. The van der Waals surface area contributed by atoms with Crippen LogP contribution in [0, 0.1) is 14.3 Å². The Morgan fingerprint density at radius 3 is 1.05 bits per heavy atom. The van der Waals surface area contributed by atoms with E-state index in [4.69, 9.17) is 9.98 Å². The molecule has 10 rings (SSSR count). The first-order valence-corrected chi connectivity index (χ1v) is 22.7. The lowest BCUT2D eigenvalue weighted by atomic mass is 9.93. The Hall–Kier alpha value is -4.18. The van der Waals surface area contributed by atoms with Gasteiger partial charge in [0.25, 0.3) is 0 Å². The Morgan fingerprint density at radius 2 is 0.684 bits per heavy atom. The van der Waals surface area contributed by atoms with E-state index in [1.807, 2.05) is 0 Å². The molecule has 0 spiro atoms. The third-order valence-corrected chi connectivity index (χ3v) is 13.4. The molecule has 0 saturated carbocycles. The molecule has 5 aromatic rings. The summed E-state index contributed by atoms with van der Waals surface area (Å²) >= 11 is 9.53. The molecular weight excluding hydrogens is 1150 g/mol. The van der Waals surface area contributed by atoms with Crippen LogP contribution in [0.1, 0.15) is 33.4 Å². The van der Waals surface area contributed by atoms with Gasteiger partial charge < -0.3 is 4.98 Å². The monoisotopic (exact) mass is 1180 g/mol. The normalized spacial score (nSPS) is 14.9. The standard InChI is InChI=1S/C50H29I4N3/c51-33-14-6-29(7-15-33)47-39-28-40(38-5-3-1-2-4-37(38)39)48(30-8-16-34(52)17-9-30)42-23-25-44(56-42)50(32-12-20-36(54)21-13-32)46-27-26-45(57-46)49(43-24-22-41(47)55-43)31-10-18-35(53)19-11-31/h1-28,57H. The molecule has 0 unspecified atom stereocenters. The van der Waals surface area contributed by atoms with Crippen LogP contribution < -0.4 is 10.7 Å². The highest BCUT2D eigenvalue weighted by molar-refractivity contribution is 14.1. The Kier molecular flexibility index (Phi) is 10.1. The third kappa shape index (κ3) is 7.08. The average Bonchev–Trinajstić information content (AvgIpc) is 4.03. The lowest BCUT2D eigenvalue weighted by molar-refractivity contribution is 1.25. The molecule has 3 nitrogen and oxygen atoms in total. The van der Waals surface area contributed by atoms with Crippen LogP contribution in [0.25, 0.3) is 33.4 Å². The van der Waals surface area contributed by atoms with Crippen LogP contribution in [0.2, 0.25) is 0 Å². The van der Waals surface area contributed by atoms with Crippen molar-refractivity contribution in [1.29, 1.82) is 0 Å². The summed E-state index contributed by atoms with van der Waals surface area (Å²) < 4.78 is 4.74. The maximum Gasteiger partial charge on any atom is 0.0737 e. The van der Waals surface area contributed by atoms with E-state index in [0.717, 1.165) is 100 Å². The van der Waals surface area contributed by atoms with Gasteiger partial charge in [-0.1, -0.05) is 78.9 Å². The number of hydrogen-bond acceptors (Lipinski definition) is 2. The number of hydrogen-bond donors (Lipinski definition) is 1. The predicted molar refractivity (Wildman–Crippen MR) is 270 cm³/mol. The van der Waals surface area contributed by atoms with Crippen molar-refractivity contribution in [2.24, 2.45) is 9.98 Å². The number of halogens is 4. The molecule has 0 saturated heterocycles. The Balaban J connectivity index is 1.38. The summed E-state index contributed by atoms with van der Waals surface area (Å²) in [6, 6.07) is 52.7. The molecule has 5 aliphatic rings. The summed E-state index contributed by atoms with van der Waals surface area (Å²) in [6.45, 7) is 0. The van der Waals surface area contributed by atoms with Crippen molar-refractivity contribution in [3.8, 4) is 11.1 Å². The van der Waals surface area contributed by atoms with Crippen LogP contribution in [0.5, 0.6) is 0 Å². The Morgan fingerprint density at radius 1 is 0.333 bits per heavy atom. The van der Waals surface area contributed by atoms with E-state index in [0.29, 0.717) is 0 Å². The zero-order chi connectivity index (χ0) is 38.6. The number of H-pyrrole nitrogens is 1. The van der Waals surface area contributed by atoms with Crippen molar-refractivity contribution < 1.29 is 0 Å². The fraction of sp³-hybridized carbons (Fsp3) is 0. The van der Waals surface area contributed by atoms with Crippen LogP contribution in [-0.2, 0) is 0 Å². The second-order valence-electron chi connectivity index (χ2n) is 14.0. The van der Waals surface area contributed by atoms with Gasteiger partial charge in [-0.05, 0) is 226 Å². The second-order valence-corrected chi connectivity index (χ2v) is 18.9. The summed E-state index contributed by atoms with van der Waals surface area (Å²) in [5.74, 6) is 0. The van der Waals surface area contributed by atoms with E-state index < -0.39 is 0 Å². The molecular formula is C50H29I4N3. The molecule has 0 radical (unpaired) electrons. The van der Waals surface area contributed by atoms with Crippen molar-refractivity contribution in [1.82, 2.24) is 4.98 Å². The van der Waals surface area contributed by atoms with Crippen molar-refractivity contribution in [3.63, 3.8) is 0 Å². The summed E-state index contributed by atoms with van der Waals surface area (Å²) in [4.78, 5) is 15.0. The highest BCUT2D eigenvalue weighted by atomic mass is 127. The smallest absolute Gasteiger partial charge is 0.0737 e. The molecule has 8 bridgehead atoms. The molecule has 4 heterocycles. The second kappa shape index (κ2) is 15.5. The summed E-state index contributed by atoms with van der Waals surface area (Å²) in [5, 5.41) is 1.99. The molecule has 272 valence electrons. The lowest BCUT2D eigenvalue weighted by Crippen LogP contribution is -2.21.